The summed E-state index contributed by atoms with van der Waals surface area (Å²) in [7, 11) is 0. The Morgan fingerprint density at radius 1 is 0.818 bits per heavy atom. The highest BCUT2D eigenvalue weighted by molar-refractivity contribution is 5.64. The number of hydrogen-bond acceptors (Lipinski definition) is 1. The minimum atomic E-state index is 0.251. The van der Waals surface area contributed by atoms with Gasteiger partial charge in [0.15, 0.2) is 0 Å². The number of fused-ring (bicyclic) bond motifs is 1. The summed E-state index contributed by atoms with van der Waals surface area (Å²) in [6.45, 7) is 13.8. The third-order valence-electron chi connectivity index (χ3n) is 5.52. The van der Waals surface area contributed by atoms with Crippen molar-refractivity contribution in [2.45, 2.75) is 65.2 Å². The molecule has 1 heterocycles. The van der Waals surface area contributed by atoms with Crippen LogP contribution in [0.25, 0.3) is 11.3 Å². The van der Waals surface area contributed by atoms with E-state index < -0.39 is 0 Å². The number of hydrogen-bond donors (Lipinski definition) is 0. The summed E-state index contributed by atoms with van der Waals surface area (Å²) in [5.41, 5.74) is 8.43. The van der Waals surface area contributed by atoms with E-state index in [9.17, 15) is 0 Å². The summed E-state index contributed by atoms with van der Waals surface area (Å²) in [6, 6.07) is 9.17. The zero-order valence-corrected chi connectivity index (χ0v) is 14.7. The Balaban J connectivity index is 2.15. The Labute approximate surface area is 134 Å². The van der Waals surface area contributed by atoms with Gasteiger partial charge in [0, 0.05) is 11.8 Å². The predicted molar refractivity (Wildman–Crippen MR) is 94.4 cm³/mol. The molecule has 3 rings (SSSR count). The van der Waals surface area contributed by atoms with Crippen LogP contribution in [0.2, 0.25) is 0 Å². The van der Waals surface area contributed by atoms with Crippen LogP contribution < -0.4 is 0 Å². The summed E-state index contributed by atoms with van der Waals surface area (Å²) >= 11 is 0. The van der Waals surface area contributed by atoms with E-state index in [0.717, 1.165) is 5.69 Å². The standard InChI is InChI=1S/C21H27N/c1-14-11-19(22-13-15(14)2)16-7-8-17-18(12-16)21(5,6)10-9-20(17,3)4/h7-8,11-13H,9-10H2,1-6H3. The van der Waals surface area contributed by atoms with Crippen molar-refractivity contribution in [1.82, 2.24) is 4.98 Å². The number of rotatable bonds is 1. The zero-order chi connectivity index (χ0) is 16.1. The van der Waals surface area contributed by atoms with Gasteiger partial charge in [0.25, 0.3) is 0 Å². The van der Waals surface area contributed by atoms with Crippen molar-refractivity contribution in [1.29, 1.82) is 0 Å². The molecular formula is C21H27N. The maximum absolute atomic E-state index is 4.64. The lowest BCUT2D eigenvalue weighted by Gasteiger charge is -2.42. The molecule has 0 saturated heterocycles. The Morgan fingerprint density at radius 3 is 2.09 bits per heavy atom. The zero-order valence-electron chi connectivity index (χ0n) is 14.7. The van der Waals surface area contributed by atoms with E-state index in [2.05, 4.69) is 70.8 Å². The minimum Gasteiger partial charge on any atom is -0.256 e. The number of pyridine rings is 1. The molecule has 1 aliphatic rings. The van der Waals surface area contributed by atoms with Gasteiger partial charge in [0.05, 0.1) is 5.69 Å². The van der Waals surface area contributed by atoms with Crippen LogP contribution in [-0.4, -0.2) is 4.98 Å². The van der Waals surface area contributed by atoms with Gasteiger partial charge in [-0.15, -0.1) is 0 Å². The van der Waals surface area contributed by atoms with E-state index in [1.165, 1.54) is 40.7 Å². The van der Waals surface area contributed by atoms with Crippen molar-refractivity contribution in [2.75, 3.05) is 0 Å². The molecule has 116 valence electrons. The van der Waals surface area contributed by atoms with Crippen molar-refractivity contribution in [3.05, 3.63) is 52.7 Å². The van der Waals surface area contributed by atoms with E-state index in [1.54, 1.807) is 0 Å². The summed E-state index contributed by atoms with van der Waals surface area (Å²) in [4.78, 5) is 4.64. The van der Waals surface area contributed by atoms with Crippen LogP contribution in [0, 0.1) is 13.8 Å². The van der Waals surface area contributed by atoms with Gasteiger partial charge in [-0.2, -0.15) is 0 Å². The molecule has 0 bridgehead atoms. The Kier molecular flexibility index (Phi) is 3.43. The van der Waals surface area contributed by atoms with Crippen LogP contribution >= 0.6 is 0 Å². The van der Waals surface area contributed by atoms with Gasteiger partial charge in [-0.1, -0.05) is 39.8 Å². The molecule has 0 spiro atoms. The average molecular weight is 293 g/mol. The fraction of sp³-hybridized carbons (Fsp3) is 0.476. The van der Waals surface area contributed by atoms with Gasteiger partial charge in [0.2, 0.25) is 0 Å². The molecule has 0 saturated carbocycles. The molecular weight excluding hydrogens is 266 g/mol. The summed E-state index contributed by atoms with van der Waals surface area (Å²) in [6.07, 6.45) is 4.49. The third-order valence-corrected chi connectivity index (χ3v) is 5.52. The van der Waals surface area contributed by atoms with Crippen LogP contribution in [-0.2, 0) is 10.8 Å². The average Bonchev–Trinajstić information content (AvgIpc) is 2.47. The molecule has 0 fully saturated rings. The van der Waals surface area contributed by atoms with E-state index in [4.69, 9.17) is 0 Å². The molecule has 0 aliphatic heterocycles. The highest BCUT2D eigenvalue weighted by Crippen LogP contribution is 2.46. The quantitative estimate of drug-likeness (QED) is 0.656. The number of benzene rings is 1. The van der Waals surface area contributed by atoms with Crippen LogP contribution in [0.5, 0.6) is 0 Å². The van der Waals surface area contributed by atoms with Gasteiger partial charge < -0.3 is 0 Å². The minimum absolute atomic E-state index is 0.251. The summed E-state index contributed by atoms with van der Waals surface area (Å²) in [5, 5.41) is 0. The topological polar surface area (TPSA) is 12.9 Å². The van der Waals surface area contributed by atoms with Crippen LogP contribution in [0.4, 0.5) is 0 Å². The molecule has 0 radical (unpaired) electrons. The van der Waals surface area contributed by atoms with Crippen molar-refractivity contribution in [2.24, 2.45) is 0 Å². The second-order valence-corrected chi connectivity index (χ2v) is 8.18. The molecule has 1 aromatic carbocycles. The lowest BCUT2D eigenvalue weighted by Crippen LogP contribution is -2.33. The van der Waals surface area contributed by atoms with Gasteiger partial charge in [-0.3, -0.25) is 4.98 Å². The number of nitrogens with zero attached hydrogens (tertiary/aromatic N) is 1. The fourth-order valence-electron chi connectivity index (χ4n) is 3.53. The normalized spacial score (nSPS) is 18.8. The van der Waals surface area contributed by atoms with Gasteiger partial charge >= 0.3 is 0 Å². The SMILES string of the molecule is Cc1cnc(-c2ccc3c(c2)C(C)(C)CCC3(C)C)cc1C. The van der Waals surface area contributed by atoms with Crippen LogP contribution in [0.3, 0.4) is 0 Å². The Bertz CT molecular complexity index is 723. The maximum atomic E-state index is 4.64. The number of aryl methyl sites for hydroxylation is 2. The monoisotopic (exact) mass is 293 g/mol. The lowest BCUT2D eigenvalue weighted by molar-refractivity contribution is 0.332. The van der Waals surface area contributed by atoms with Crippen molar-refractivity contribution < 1.29 is 0 Å². The molecule has 1 aromatic heterocycles. The van der Waals surface area contributed by atoms with E-state index in [-0.39, 0.29) is 10.8 Å². The lowest BCUT2D eigenvalue weighted by atomic mass is 9.63. The van der Waals surface area contributed by atoms with Gasteiger partial charge in [-0.05, 0) is 71.9 Å². The van der Waals surface area contributed by atoms with Crippen LogP contribution in [0.1, 0.15) is 62.8 Å². The molecule has 2 aromatic rings. The van der Waals surface area contributed by atoms with Gasteiger partial charge in [0.1, 0.15) is 0 Å². The largest absolute Gasteiger partial charge is 0.256 e. The van der Waals surface area contributed by atoms with E-state index in [1.807, 2.05) is 6.20 Å². The first kappa shape index (κ1) is 15.3. The van der Waals surface area contributed by atoms with E-state index >= 15 is 0 Å². The molecule has 1 nitrogen and oxygen atoms in total. The first-order valence-electron chi connectivity index (χ1n) is 8.29. The summed E-state index contributed by atoms with van der Waals surface area (Å²) < 4.78 is 0. The Hall–Kier alpha value is -1.63. The highest BCUT2D eigenvalue weighted by Gasteiger charge is 2.36. The molecule has 1 heteroatoms. The molecule has 1 aliphatic carbocycles. The van der Waals surface area contributed by atoms with E-state index in [0.29, 0.717) is 0 Å². The number of aromatic nitrogens is 1. The molecule has 22 heavy (non-hydrogen) atoms. The van der Waals surface area contributed by atoms with Crippen LogP contribution in [0.15, 0.2) is 30.5 Å². The van der Waals surface area contributed by atoms with Crippen molar-refractivity contribution in [3.8, 4) is 11.3 Å². The third kappa shape index (κ3) is 2.47. The maximum Gasteiger partial charge on any atom is 0.0704 e. The predicted octanol–water partition coefficient (Wildman–Crippen LogP) is 5.71. The molecule has 0 amide bonds. The summed E-state index contributed by atoms with van der Waals surface area (Å²) in [5.74, 6) is 0. The Morgan fingerprint density at radius 2 is 1.45 bits per heavy atom. The second kappa shape index (κ2) is 4.94. The fourth-order valence-corrected chi connectivity index (χ4v) is 3.53. The smallest absolute Gasteiger partial charge is 0.0704 e. The first-order valence-corrected chi connectivity index (χ1v) is 8.29. The first-order chi connectivity index (χ1) is 10.2. The highest BCUT2D eigenvalue weighted by atomic mass is 14.7. The molecule has 0 N–H and O–H groups in total. The molecule has 0 unspecified atom stereocenters. The van der Waals surface area contributed by atoms with Crippen molar-refractivity contribution in [3.63, 3.8) is 0 Å². The van der Waals surface area contributed by atoms with Crippen molar-refractivity contribution >= 4 is 0 Å². The second-order valence-electron chi connectivity index (χ2n) is 8.18. The molecule has 0 atom stereocenters. The van der Waals surface area contributed by atoms with Gasteiger partial charge in [-0.25, -0.2) is 0 Å².